The van der Waals surface area contributed by atoms with Gasteiger partial charge in [-0.05, 0) is 20.4 Å². The van der Waals surface area contributed by atoms with E-state index in [9.17, 15) is 0 Å². The fourth-order valence-corrected chi connectivity index (χ4v) is 0.661. The van der Waals surface area contributed by atoms with E-state index in [0.717, 1.165) is 6.42 Å². The Labute approximate surface area is 56.4 Å². The maximum atomic E-state index is 5.65. The highest BCUT2D eigenvalue weighted by Crippen LogP contribution is 2.08. The summed E-state index contributed by atoms with van der Waals surface area (Å²) in [6.45, 7) is 4.23. The SMILES string of the molecule is CCC(C)(CCl)NC. The average Bonchev–Trinajstić information content (AvgIpc) is 1.87. The summed E-state index contributed by atoms with van der Waals surface area (Å²) < 4.78 is 0. The minimum atomic E-state index is 0.140. The Bertz CT molecular complexity index is 51.3. The molecule has 1 atom stereocenters. The summed E-state index contributed by atoms with van der Waals surface area (Å²) in [4.78, 5) is 0. The smallest absolute Gasteiger partial charge is 0.0403 e. The topological polar surface area (TPSA) is 12.0 Å². The fraction of sp³-hybridized carbons (Fsp3) is 1.00. The average molecular weight is 136 g/mol. The third kappa shape index (κ3) is 2.01. The summed E-state index contributed by atoms with van der Waals surface area (Å²) in [5.41, 5.74) is 0.140. The Morgan fingerprint density at radius 1 is 1.62 bits per heavy atom. The molecular formula is C6H14ClN. The van der Waals surface area contributed by atoms with Crippen LogP contribution in [0.4, 0.5) is 0 Å². The Kier molecular flexibility index (Phi) is 3.41. The number of alkyl halides is 1. The van der Waals surface area contributed by atoms with Crippen molar-refractivity contribution < 1.29 is 0 Å². The number of hydrogen-bond donors (Lipinski definition) is 1. The predicted molar refractivity (Wildman–Crippen MR) is 38.5 cm³/mol. The molecule has 0 saturated heterocycles. The third-order valence-corrected chi connectivity index (χ3v) is 2.27. The Morgan fingerprint density at radius 3 is 2.12 bits per heavy atom. The van der Waals surface area contributed by atoms with Gasteiger partial charge in [0.15, 0.2) is 0 Å². The van der Waals surface area contributed by atoms with Gasteiger partial charge < -0.3 is 5.32 Å². The molecule has 0 aromatic carbocycles. The second-order valence-electron chi connectivity index (χ2n) is 2.30. The molecule has 8 heavy (non-hydrogen) atoms. The van der Waals surface area contributed by atoms with Crippen LogP contribution < -0.4 is 5.32 Å². The molecule has 0 fully saturated rings. The van der Waals surface area contributed by atoms with Crippen LogP contribution in [0.5, 0.6) is 0 Å². The van der Waals surface area contributed by atoms with E-state index in [0.29, 0.717) is 5.88 Å². The first-order chi connectivity index (χ1) is 3.68. The van der Waals surface area contributed by atoms with Gasteiger partial charge in [0.2, 0.25) is 0 Å². The Morgan fingerprint density at radius 2 is 2.12 bits per heavy atom. The molecule has 0 spiro atoms. The molecule has 0 aromatic heterocycles. The monoisotopic (exact) mass is 135 g/mol. The predicted octanol–water partition coefficient (Wildman–Crippen LogP) is 1.61. The van der Waals surface area contributed by atoms with Crippen LogP contribution in [0.2, 0.25) is 0 Å². The van der Waals surface area contributed by atoms with Gasteiger partial charge in [-0.1, -0.05) is 6.92 Å². The molecule has 50 valence electrons. The molecule has 0 aliphatic carbocycles. The zero-order valence-electron chi connectivity index (χ0n) is 5.79. The molecule has 0 amide bonds. The van der Waals surface area contributed by atoms with E-state index in [2.05, 4.69) is 19.2 Å². The second kappa shape index (κ2) is 3.31. The summed E-state index contributed by atoms with van der Waals surface area (Å²) in [5, 5.41) is 3.15. The molecule has 0 aliphatic heterocycles. The van der Waals surface area contributed by atoms with E-state index in [4.69, 9.17) is 11.6 Å². The van der Waals surface area contributed by atoms with Crippen LogP contribution in [0.1, 0.15) is 20.3 Å². The first-order valence-corrected chi connectivity index (χ1v) is 3.47. The molecular weight excluding hydrogens is 122 g/mol. The maximum absolute atomic E-state index is 5.65. The largest absolute Gasteiger partial charge is 0.313 e. The van der Waals surface area contributed by atoms with Crippen molar-refractivity contribution in [2.75, 3.05) is 12.9 Å². The van der Waals surface area contributed by atoms with Gasteiger partial charge in [-0.2, -0.15) is 0 Å². The zero-order chi connectivity index (χ0) is 6.62. The minimum absolute atomic E-state index is 0.140. The van der Waals surface area contributed by atoms with Gasteiger partial charge in [0.1, 0.15) is 0 Å². The maximum Gasteiger partial charge on any atom is 0.0403 e. The summed E-state index contributed by atoms with van der Waals surface area (Å²) >= 11 is 5.65. The van der Waals surface area contributed by atoms with Gasteiger partial charge >= 0.3 is 0 Å². The molecule has 0 radical (unpaired) electrons. The molecule has 0 aromatic rings. The van der Waals surface area contributed by atoms with Crippen molar-refractivity contribution in [2.24, 2.45) is 0 Å². The van der Waals surface area contributed by atoms with Gasteiger partial charge in [-0.3, -0.25) is 0 Å². The first-order valence-electron chi connectivity index (χ1n) is 2.93. The van der Waals surface area contributed by atoms with Gasteiger partial charge in [-0.25, -0.2) is 0 Å². The normalized spacial score (nSPS) is 18.0. The number of hydrogen-bond acceptors (Lipinski definition) is 1. The van der Waals surface area contributed by atoms with Gasteiger partial charge in [0.25, 0.3) is 0 Å². The zero-order valence-corrected chi connectivity index (χ0v) is 6.55. The van der Waals surface area contributed by atoms with Crippen molar-refractivity contribution in [3.8, 4) is 0 Å². The van der Waals surface area contributed by atoms with Crippen LogP contribution in [0.3, 0.4) is 0 Å². The van der Waals surface area contributed by atoms with Gasteiger partial charge in [0, 0.05) is 11.4 Å². The molecule has 1 unspecified atom stereocenters. The van der Waals surface area contributed by atoms with Crippen LogP contribution in [0.25, 0.3) is 0 Å². The Hall–Kier alpha value is 0.250. The van der Waals surface area contributed by atoms with Crippen molar-refractivity contribution in [1.82, 2.24) is 5.32 Å². The lowest BCUT2D eigenvalue weighted by molar-refractivity contribution is 0.416. The van der Waals surface area contributed by atoms with E-state index in [1.54, 1.807) is 0 Å². The molecule has 0 bridgehead atoms. The van der Waals surface area contributed by atoms with E-state index >= 15 is 0 Å². The van der Waals surface area contributed by atoms with Crippen molar-refractivity contribution in [3.63, 3.8) is 0 Å². The van der Waals surface area contributed by atoms with E-state index < -0.39 is 0 Å². The molecule has 1 N–H and O–H groups in total. The van der Waals surface area contributed by atoms with Crippen molar-refractivity contribution in [2.45, 2.75) is 25.8 Å². The van der Waals surface area contributed by atoms with Crippen LogP contribution >= 0.6 is 11.6 Å². The quantitative estimate of drug-likeness (QED) is 0.580. The molecule has 0 aliphatic rings. The highest BCUT2D eigenvalue weighted by molar-refractivity contribution is 6.18. The Balaban J connectivity index is 3.58. The van der Waals surface area contributed by atoms with Crippen molar-refractivity contribution in [3.05, 3.63) is 0 Å². The summed E-state index contributed by atoms with van der Waals surface area (Å²) in [5.74, 6) is 0.681. The molecule has 1 nitrogen and oxygen atoms in total. The fourth-order valence-electron chi connectivity index (χ4n) is 0.338. The molecule has 0 heterocycles. The van der Waals surface area contributed by atoms with E-state index in [1.807, 2.05) is 7.05 Å². The second-order valence-corrected chi connectivity index (χ2v) is 2.57. The van der Waals surface area contributed by atoms with Crippen molar-refractivity contribution in [1.29, 1.82) is 0 Å². The molecule has 0 saturated carbocycles. The highest BCUT2D eigenvalue weighted by atomic mass is 35.5. The van der Waals surface area contributed by atoms with E-state index in [1.165, 1.54) is 0 Å². The summed E-state index contributed by atoms with van der Waals surface area (Å²) in [6.07, 6.45) is 1.08. The highest BCUT2D eigenvalue weighted by Gasteiger charge is 2.16. The van der Waals surface area contributed by atoms with Crippen LogP contribution in [0, 0.1) is 0 Å². The van der Waals surface area contributed by atoms with Crippen molar-refractivity contribution >= 4 is 11.6 Å². The standard InChI is InChI=1S/C6H14ClN/c1-4-6(2,5-7)8-3/h8H,4-5H2,1-3H3. The van der Waals surface area contributed by atoms with Crippen LogP contribution in [-0.2, 0) is 0 Å². The number of halogens is 1. The lowest BCUT2D eigenvalue weighted by Crippen LogP contribution is -2.40. The minimum Gasteiger partial charge on any atom is -0.313 e. The van der Waals surface area contributed by atoms with Crippen LogP contribution in [0.15, 0.2) is 0 Å². The van der Waals surface area contributed by atoms with E-state index in [-0.39, 0.29) is 5.54 Å². The summed E-state index contributed by atoms with van der Waals surface area (Å²) in [6, 6.07) is 0. The first kappa shape index (κ1) is 8.25. The molecule has 0 rings (SSSR count). The van der Waals surface area contributed by atoms with Gasteiger partial charge in [0.05, 0.1) is 0 Å². The van der Waals surface area contributed by atoms with Crippen LogP contribution in [-0.4, -0.2) is 18.5 Å². The van der Waals surface area contributed by atoms with Gasteiger partial charge in [-0.15, -0.1) is 11.6 Å². The molecule has 2 heteroatoms. The summed E-state index contributed by atoms with van der Waals surface area (Å²) in [7, 11) is 1.94. The lowest BCUT2D eigenvalue weighted by Gasteiger charge is -2.24. The lowest BCUT2D eigenvalue weighted by atomic mass is 10.0. The third-order valence-electron chi connectivity index (χ3n) is 1.68. The number of rotatable bonds is 3. The number of nitrogens with one attached hydrogen (secondary N) is 1.